The van der Waals surface area contributed by atoms with Crippen molar-refractivity contribution in [2.45, 2.75) is 467 Å². The second-order valence-electron chi connectivity index (χ2n) is 41.0. The van der Waals surface area contributed by atoms with Gasteiger partial charge in [0.25, 0.3) is 0 Å². The van der Waals surface area contributed by atoms with E-state index in [1.165, 1.54) is 94.8 Å². The Morgan fingerprint density at radius 1 is 0.230 bits per heavy atom. The molecular formula is C107H230N4O24P4. The smallest absolute Gasteiger partial charge is 0.449 e. The van der Waals surface area contributed by atoms with Crippen molar-refractivity contribution in [3.05, 3.63) is 0 Å². The lowest BCUT2D eigenvalue weighted by Crippen LogP contribution is -2.37. The summed E-state index contributed by atoms with van der Waals surface area (Å²) in [5.41, 5.74) is 0. The zero-order chi connectivity index (χ0) is 108. The second kappa shape index (κ2) is 101. The van der Waals surface area contributed by atoms with Crippen LogP contribution in [0.1, 0.15) is 449 Å². The van der Waals surface area contributed by atoms with Crippen molar-refractivity contribution in [2.24, 2.45) is 71.0 Å². The van der Waals surface area contributed by atoms with Gasteiger partial charge in [0.1, 0.15) is 0 Å². The molecule has 0 spiro atoms. The largest absolute Gasteiger partial charge is 0.475 e. The molecule has 0 bridgehead atoms. The van der Waals surface area contributed by atoms with Crippen molar-refractivity contribution < 1.29 is 111 Å². The van der Waals surface area contributed by atoms with Crippen LogP contribution in [0, 0.1) is 71.0 Å². The van der Waals surface area contributed by atoms with Crippen molar-refractivity contribution in [3.63, 3.8) is 0 Å². The topological polar surface area (TPSA) is 297 Å². The van der Waals surface area contributed by atoms with Gasteiger partial charge in [-0.05, 0) is 156 Å². The van der Waals surface area contributed by atoms with E-state index in [1.807, 2.05) is 109 Å². The van der Waals surface area contributed by atoms with E-state index in [-0.39, 0.29) is 72.3 Å². The first-order chi connectivity index (χ1) is 65.3. The van der Waals surface area contributed by atoms with Crippen LogP contribution in [0.25, 0.3) is 0 Å². The molecule has 0 saturated carbocycles. The molecule has 0 radical (unpaired) electrons. The van der Waals surface area contributed by atoms with E-state index >= 15 is 0 Å². The third-order valence-corrected chi connectivity index (χ3v) is 26.3. The number of rotatable bonds is 76. The highest BCUT2D eigenvalue weighted by Crippen LogP contribution is 2.55. The number of unbranched alkanes of at least 4 members (excludes halogenated alkanes) is 21. The number of phosphoric acid groups is 4. The van der Waals surface area contributed by atoms with Gasteiger partial charge in [-0.3, -0.25) is 54.3 Å². The molecule has 842 valence electrons. The Labute approximate surface area is 858 Å². The summed E-state index contributed by atoms with van der Waals surface area (Å²) in [6.07, 6.45) is 31.1. The highest BCUT2D eigenvalue weighted by atomic mass is 31.2. The molecule has 2 unspecified atom stereocenters. The normalized spacial score (nSPS) is 12.3. The molecule has 0 fully saturated rings. The van der Waals surface area contributed by atoms with Gasteiger partial charge >= 0.3 is 55.7 Å². The Kier molecular flexibility index (Phi) is 111. The maximum absolute atomic E-state index is 13.0. The monoisotopic (exact) mass is 2080 g/mol. The summed E-state index contributed by atoms with van der Waals surface area (Å²) in [7, 11) is -10.4. The fourth-order valence-corrected chi connectivity index (χ4v) is 18.5. The molecule has 0 rings (SSSR count). The maximum Gasteiger partial charge on any atom is 0.475 e. The molecule has 0 saturated heterocycles. The van der Waals surface area contributed by atoms with E-state index in [9.17, 15) is 37.4 Å². The zero-order valence-corrected chi connectivity index (χ0v) is 101. The molecule has 32 heteroatoms. The number of phosphoric ester groups is 4. The number of carbonyl (C=O) groups is 4. The molecule has 2 atom stereocenters. The quantitative estimate of drug-likeness (QED) is 0.0310. The van der Waals surface area contributed by atoms with E-state index in [4.69, 9.17) is 73.2 Å². The van der Waals surface area contributed by atoms with E-state index in [0.29, 0.717) is 140 Å². The third-order valence-electron chi connectivity index (χ3n) is 20.2. The van der Waals surface area contributed by atoms with Gasteiger partial charge < -0.3 is 38.5 Å². The predicted octanol–water partition coefficient (Wildman–Crippen LogP) is 34.5. The van der Waals surface area contributed by atoms with Crippen LogP contribution in [0.2, 0.25) is 0 Å². The van der Waals surface area contributed by atoms with E-state index in [1.54, 1.807) is 30.8 Å². The maximum atomic E-state index is 13.0. The van der Waals surface area contributed by atoms with Gasteiger partial charge in [0.05, 0.1) is 104 Å². The van der Waals surface area contributed by atoms with Crippen LogP contribution in [0.5, 0.6) is 0 Å². The number of amides is 4. The number of carbonyl (C=O) groups excluding carboxylic acids is 4. The lowest BCUT2D eigenvalue weighted by Gasteiger charge is -2.29. The van der Waals surface area contributed by atoms with Crippen molar-refractivity contribution >= 4 is 55.7 Å². The fourth-order valence-electron chi connectivity index (χ4n) is 12.2. The van der Waals surface area contributed by atoms with Gasteiger partial charge in [0.2, 0.25) is 0 Å². The second-order valence-corrected chi connectivity index (χ2v) is 47.5. The third kappa shape index (κ3) is 104. The molecule has 0 aromatic carbocycles. The highest BCUT2D eigenvalue weighted by Gasteiger charge is 2.36. The van der Waals surface area contributed by atoms with E-state index in [0.717, 1.165) is 129 Å². The highest BCUT2D eigenvalue weighted by molar-refractivity contribution is 7.49. The minimum absolute atomic E-state index is 0.122. The van der Waals surface area contributed by atoms with Crippen LogP contribution < -0.4 is 0 Å². The van der Waals surface area contributed by atoms with Crippen molar-refractivity contribution in [1.82, 2.24) is 19.6 Å². The molecule has 0 heterocycles. The Morgan fingerprint density at radius 3 is 0.669 bits per heavy atom. The van der Waals surface area contributed by atoms with Gasteiger partial charge in [0.15, 0.2) is 0 Å². The summed E-state index contributed by atoms with van der Waals surface area (Å²) in [6, 6.07) is 0. The molecule has 0 aromatic rings. The molecule has 0 aliphatic rings. The summed E-state index contributed by atoms with van der Waals surface area (Å²) >= 11 is 0. The van der Waals surface area contributed by atoms with Gasteiger partial charge in [0, 0.05) is 53.4 Å². The summed E-state index contributed by atoms with van der Waals surface area (Å²) in [5, 5.41) is 0. The fraction of sp³-hybridized carbons (Fsp3) is 0.963. The molecule has 0 aliphatic heterocycles. The SMILES string of the molecule is CC(C)COC(=O)N(C)C.CC(C)COC(=O)N(CC(C)C)CC(C)C.CCCCCCOP(=O)(OCC)OC(C(C)C)C(C)C.CCCCCCOP(=O)(OCCCCCC)OC(C(C)C)C(C)C.CCCCCCOP(=O)(OCCCCCC)OC(C)C(C)C.CCCCCCOP(=O)(OCCCCCC)OCC(C)C.CCCN(CCC)C(=O)OCC(C)C.CCN(CC)C(=O)OCC(C)C. The zero-order valence-electron chi connectivity index (χ0n) is 97.7. The van der Waals surface area contributed by atoms with Crippen LogP contribution in [0.15, 0.2) is 0 Å². The van der Waals surface area contributed by atoms with Crippen molar-refractivity contribution in [1.29, 1.82) is 0 Å². The molecule has 0 aliphatic carbocycles. The number of hydrogen-bond acceptors (Lipinski definition) is 24. The molecule has 4 amide bonds. The molecule has 28 nitrogen and oxygen atoms in total. The van der Waals surface area contributed by atoms with Crippen molar-refractivity contribution in [2.75, 3.05) is 139 Å². The summed E-state index contributed by atoms with van der Waals surface area (Å²) in [4.78, 5) is 52.0. The van der Waals surface area contributed by atoms with E-state index in [2.05, 4.69) is 145 Å². The lowest BCUT2D eigenvalue weighted by atomic mass is 9.97. The summed E-state index contributed by atoms with van der Waals surface area (Å²) in [6.45, 7) is 86.7. The first-order valence-electron chi connectivity index (χ1n) is 55.1. The Hall–Kier alpha value is -2.48. The van der Waals surface area contributed by atoms with Crippen molar-refractivity contribution in [3.8, 4) is 0 Å². The summed E-state index contributed by atoms with van der Waals surface area (Å²) in [5.74, 6) is 4.24. The van der Waals surface area contributed by atoms with Crippen LogP contribution in [0.4, 0.5) is 19.2 Å². The van der Waals surface area contributed by atoms with Gasteiger partial charge in [-0.15, -0.1) is 0 Å². The van der Waals surface area contributed by atoms with Crippen LogP contribution in [0.3, 0.4) is 0 Å². The lowest BCUT2D eigenvalue weighted by molar-refractivity contribution is 0.0339. The molecule has 139 heavy (non-hydrogen) atoms. The summed E-state index contributed by atoms with van der Waals surface area (Å²) < 4.78 is 138. The predicted molar refractivity (Wildman–Crippen MR) is 583 cm³/mol. The first-order valence-corrected chi connectivity index (χ1v) is 61.0. The number of hydrogen-bond donors (Lipinski definition) is 0. The Morgan fingerprint density at radius 2 is 0.460 bits per heavy atom. The number of ether oxygens (including phenoxy) is 4. The van der Waals surface area contributed by atoms with Gasteiger partial charge in [-0.2, -0.15) is 0 Å². The average molecular weight is 2080 g/mol. The standard InChI is InChI=1S/C19H41O4P.C17H37O4P.C16H35O4P.C15H33O4P.C13H27NO2.C11H23NO2.C9H19NO2.C7H15NO2/c1-7-9-11-13-15-21-24(20,22-16-14-12-10-8-2)23-19(17(3)4)18(5)6;1-6-8-10-12-14-19-22(18,21-17(5)16(3)4)20-15-13-11-9-7-2;1-5-7-9-11-13-18-21(17,20-15-16(3)4)19-14-12-10-8-6-2;1-7-9-10-11-12-18-20(16,17-8-2)19-15(13(3)4)14(5)6;1-10(2)7-14(8-11(3)4)13(15)16-9-12(5)6;1-5-7-12(8-6-2)11(13)14-9-10(3)4;1-5-10(6-2)9(11)12-7-8(3)4;1-6(2)5-10-7(9)8(3)4/h17-19H,7-16H2,1-6H3;16-17H,6-15H2,1-5H3;16H,5-15H2,1-4H3;13-15H,7-12H2,1-6H3;10-12H,7-9H2,1-6H3;10H,5-9H2,1-4H3;8H,5-7H2,1-4H3;6H,5H2,1-4H3. The van der Waals surface area contributed by atoms with E-state index < -0.39 is 31.3 Å². The first kappa shape index (κ1) is 152. The molecular weight excluding hydrogens is 1850 g/mol. The molecule has 0 N–H and O–H groups in total. The number of nitrogens with zero attached hydrogens (tertiary/aromatic N) is 4. The van der Waals surface area contributed by atoms with Gasteiger partial charge in [-0.25, -0.2) is 37.4 Å². The minimum Gasteiger partial charge on any atom is -0.449 e. The minimum atomic E-state index is -3.48. The van der Waals surface area contributed by atoms with Crippen LogP contribution in [-0.2, 0) is 91.5 Å². The molecule has 0 aromatic heterocycles. The Bertz CT molecular complexity index is 2790. The van der Waals surface area contributed by atoms with Gasteiger partial charge in [-0.1, -0.05) is 363 Å². The van der Waals surface area contributed by atoms with Crippen LogP contribution in [-0.4, -0.2) is 202 Å². The average Bonchev–Trinajstić information content (AvgIpc) is 0.869. The Balaban J connectivity index is -0.000000238. The van der Waals surface area contributed by atoms with Crippen LogP contribution >= 0.6 is 31.3 Å².